The Kier molecular flexibility index (Phi) is 5.14. The maximum atomic E-state index is 12.6. The van der Waals surface area contributed by atoms with Crippen LogP contribution >= 0.6 is 22.6 Å². The lowest BCUT2D eigenvalue weighted by molar-refractivity contribution is 0.124. The van der Waals surface area contributed by atoms with Gasteiger partial charge in [0.05, 0.1) is 0 Å². The van der Waals surface area contributed by atoms with Crippen LogP contribution in [0, 0.1) is 10.5 Å². The van der Waals surface area contributed by atoms with Gasteiger partial charge in [0, 0.05) is 57.8 Å². The molecule has 2 N–H and O–H groups in total. The number of likely N-dealkylation sites (tertiary alicyclic amines) is 1. The van der Waals surface area contributed by atoms with Gasteiger partial charge in [-0.25, -0.2) is 4.79 Å². The highest BCUT2D eigenvalue weighted by atomic mass is 127. The summed E-state index contributed by atoms with van der Waals surface area (Å²) in [7, 11) is 2.21. The molecule has 0 bridgehead atoms. The molecule has 1 aliphatic carbocycles. The first-order valence-electron chi connectivity index (χ1n) is 9.99. The largest absolute Gasteiger partial charge is 0.358 e. The number of piperidine rings is 1. The molecule has 1 unspecified atom stereocenters. The fourth-order valence-electron chi connectivity index (χ4n) is 5.13. The van der Waals surface area contributed by atoms with Gasteiger partial charge in [-0.15, -0.1) is 0 Å². The standard InChI is InChI=1S/C21H29IN4O/c1-5-26(6-2)21(27)24-14-9-16-17-7-13(22)8-18-20(17)15(12(3)23-18)10-19(16)25(4)11-14/h7-8,14,16,19,23H,5-6,9-11H2,1-4H3,(H,24,27)/t14-,16?,19+/m0/s1. The fourth-order valence-corrected chi connectivity index (χ4v) is 5.77. The molecule has 1 aromatic carbocycles. The molecule has 1 aliphatic heterocycles. The first-order chi connectivity index (χ1) is 12.9. The Morgan fingerprint density at radius 2 is 2.11 bits per heavy atom. The summed E-state index contributed by atoms with van der Waals surface area (Å²) >= 11 is 2.42. The Labute approximate surface area is 175 Å². The molecule has 2 aromatic rings. The molecule has 4 rings (SSSR count). The minimum atomic E-state index is 0.0682. The average molecular weight is 480 g/mol. The van der Waals surface area contributed by atoms with E-state index in [2.05, 4.69) is 63.9 Å². The number of amides is 2. The number of hydrogen-bond donors (Lipinski definition) is 2. The normalized spacial score (nSPS) is 24.7. The molecule has 6 heteroatoms. The Morgan fingerprint density at radius 3 is 2.81 bits per heavy atom. The number of carbonyl (C=O) groups excluding carboxylic acids is 1. The molecule has 1 saturated heterocycles. The van der Waals surface area contributed by atoms with Gasteiger partial charge < -0.3 is 20.1 Å². The molecular weight excluding hydrogens is 451 g/mol. The number of carbonyl (C=O) groups is 1. The third-order valence-electron chi connectivity index (χ3n) is 6.48. The summed E-state index contributed by atoms with van der Waals surface area (Å²) in [5.74, 6) is 0.464. The van der Waals surface area contributed by atoms with Crippen molar-refractivity contribution in [1.29, 1.82) is 0 Å². The average Bonchev–Trinajstić information content (AvgIpc) is 2.93. The van der Waals surface area contributed by atoms with Crippen molar-refractivity contribution in [3.63, 3.8) is 0 Å². The van der Waals surface area contributed by atoms with Crippen LogP contribution in [0.15, 0.2) is 12.1 Å². The summed E-state index contributed by atoms with van der Waals surface area (Å²) in [5.41, 5.74) is 5.51. The zero-order chi connectivity index (χ0) is 19.3. The summed E-state index contributed by atoms with van der Waals surface area (Å²) in [4.78, 5) is 20.5. The molecule has 3 atom stereocenters. The predicted octanol–water partition coefficient (Wildman–Crippen LogP) is 3.84. The molecule has 0 spiro atoms. The van der Waals surface area contributed by atoms with Crippen molar-refractivity contribution in [3.8, 4) is 0 Å². The Bertz CT molecular complexity index is 873. The van der Waals surface area contributed by atoms with Gasteiger partial charge in [0.15, 0.2) is 0 Å². The van der Waals surface area contributed by atoms with Crippen molar-refractivity contribution in [2.24, 2.45) is 0 Å². The third-order valence-corrected chi connectivity index (χ3v) is 7.10. The highest BCUT2D eigenvalue weighted by molar-refractivity contribution is 14.1. The van der Waals surface area contributed by atoms with E-state index in [0.717, 1.165) is 32.5 Å². The van der Waals surface area contributed by atoms with Gasteiger partial charge in [-0.3, -0.25) is 0 Å². The van der Waals surface area contributed by atoms with Gasteiger partial charge >= 0.3 is 6.03 Å². The second kappa shape index (κ2) is 7.28. The van der Waals surface area contributed by atoms with Gasteiger partial charge in [0.1, 0.15) is 0 Å². The molecular formula is C21H29IN4O. The summed E-state index contributed by atoms with van der Waals surface area (Å²) in [5, 5.41) is 4.72. The van der Waals surface area contributed by atoms with Crippen LogP contribution < -0.4 is 5.32 Å². The van der Waals surface area contributed by atoms with Crippen LogP contribution in [0.25, 0.3) is 10.9 Å². The minimum Gasteiger partial charge on any atom is -0.358 e. The number of nitrogens with one attached hydrogen (secondary N) is 2. The minimum absolute atomic E-state index is 0.0682. The second-order valence-electron chi connectivity index (χ2n) is 8.02. The highest BCUT2D eigenvalue weighted by Gasteiger charge is 2.40. The Hall–Kier alpha value is -1.28. The number of likely N-dealkylation sites (N-methyl/N-ethyl adjacent to an activating group) is 1. The molecule has 0 saturated carbocycles. The lowest BCUT2D eigenvalue weighted by Crippen LogP contribution is -2.56. The van der Waals surface area contributed by atoms with Crippen molar-refractivity contribution in [3.05, 3.63) is 32.5 Å². The summed E-state index contributed by atoms with van der Waals surface area (Å²) in [6, 6.07) is 5.38. The van der Waals surface area contributed by atoms with Crippen LogP contribution in [0.5, 0.6) is 0 Å². The Balaban J connectivity index is 1.66. The molecule has 2 aliphatic rings. The lowest BCUT2D eigenvalue weighted by Gasteiger charge is -2.46. The maximum absolute atomic E-state index is 12.6. The van der Waals surface area contributed by atoms with Crippen molar-refractivity contribution in [2.45, 2.75) is 51.6 Å². The highest BCUT2D eigenvalue weighted by Crippen LogP contribution is 2.44. The van der Waals surface area contributed by atoms with Crippen LogP contribution in [0.1, 0.15) is 43.0 Å². The van der Waals surface area contributed by atoms with Crippen LogP contribution in [0.3, 0.4) is 0 Å². The molecule has 0 radical (unpaired) electrons. The molecule has 146 valence electrons. The molecule has 2 amide bonds. The number of urea groups is 1. The number of aromatic amines is 1. The molecule has 1 aromatic heterocycles. The van der Waals surface area contributed by atoms with E-state index in [0.29, 0.717) is 12.0 Å². The quantitative estimate of drug-likeness (QED) is 0.656. The maximum Gasteiger partial charge on any atom is 0.317 e. The van der Waals surface area contributed by atoms with Crippen molar-refractivity contribution >= 4 is 39.5 Å². The molecule has 1 fully saturated rings. The van der Waals surface area contributed by atoms with Gasteiger partial charge in [0.25, 0.3) is 0 Å². The lowest BCUT2D eigenvalue weighted by atomic mass is 9.73. The fraction of sp³-hybridized carbons (Fsp3) is 0.571. The van der Waals surface area contributed by atoms with Crippen LogP contribution in [-0.4, -0.2) is 59.6 Å². The number of benzene rings is 1. The molecule has 2 heterocycles. The summed E-state index contributed by atoms with van der Waals surface area (Å²) in [6.07, 6.45) is 2.11. The zero-order valence-electron chi connectivity index (χ0n) is 16.6. The van der Waals surface area contributed by atoms with Crippen LogP contribution in [-0.2, 0) is 6.42 Å². The summed E-state index contributed by atoms with van der Waals surface area (Å²) < 4.78 is 1.28. The number of halogens is 1. The van der Waals surface area contributed by atoms with E-state index in [1.165, 1.54) is 31.3 Å². The zero-order valence-corrected chi connectivity index (χ0v) is 18.8. The van der Waals surface area contributed by atoms with Gasteiger partial charge in [-0.1, -0.05) is 0 Å². The van der Waals surface area contributed by atoms with E-state index in [4.69, 9.17) is 0 Å². The van der Waals surface area contributed by atoms with Gasteiger partial charge in [-0.2, -0.15) is 0 Å². The number of rotatable bonds is 3. The molecule has 27 heavy (non-hydrogen) atoms. The number of hydrogen-bond acceptors (Lipinski definition) is 2. The first kappa shape index (κ1) is 19.1. The van der Waals surface area contributed by atoms with Crippen LogP contribution in [0.2, 0.25) is 0 Å². The van der Waals surface area contributed by atoms with Crippen LogP contribution in [0.4, 0.5) is 4.79 Å². The number of aromatic nitrogens is 1. The van der Waals surface area contributed by atoms with E-state index >= 15 is 0 Å². The van der Waals surface area contributed by atoms with E-state index in [1.54, 1.807) is 0 Å². The van der Waals surface area contributed by atoms with Gasteiger partial charge in [-0.05, 0) is 86.5 Å². The number of aryl methyl sites for hydroxylation is 1. The SMILES string of the molecule is CCN(CC)C(=O)N[C@H]1CC2c3cc(I)cc4[nH]c(C)c(c34)C[C@H]2N(C)C1. The predicted molar refractivity (Wildman–Crippen MR) is 118 cm³/mol. The van der Waals surface area contributed by atoms with E-state index in [1.807, 2.05) is 18.7 Å². The Morgan fingerprint density at radius 1 is 1.37 bits per heavy atom. The van der Waals surface area contributed by atoms with Crippen molar-refractivity contribution in [1.82, 2.24) is 20.1 Å². The number of fused-ring (bicyclic) bond motifs is 2. The third kappa shape index (κ3) is 3.24. The van der Waals surface area contributed by atoms with Crippen molar-refractivity contribution < 1.29 is 4.79 Å². The topological polar surface area (TPSA) is 51.4 Å². The number of nitrogens with zero attached hydrogens (tertiary/aromatic N) is 2. The smallest absolute Gasteiger partial charge is 0.317 e. The molecule has 5 nitrogen and oxygen atoms in total. The number of H-pyrrole nitrogens is 1. The summed E-state index contributed by atoms with van der Waals surface area (Å²) in [6.45, 7) is 8.68. The monoisotopic (exact) mass is 480 g/mol. The van der Waals surface area contributed by atoms with Crippen molar-refractivity contribution in [2.75, 3.05) is 26.7 Å². The van der Waals surface area contributed by atoms with E-state index in [-0.39, 0.29) is 12.1 Å². The second-order valence-corrected chi connectivity index (χ2v) is 9.26. The van der Waals surface area contributed by atoms with Gasteiger partial charge in [0.2, 0.25) is 0 Å². The van der Waals surface area contributed by atoms with E-state index < -0.39 is 0 Å². The first-order valence-corrected chi connectivity index (χ1v) is 11.1. The van der Waals surface area contributed by atoms with E-state index in [9.17, 15) is 4.79 Å².